The van der Waals surface area contributed by atoms with Gasteiger partial charge in [-0.2, -0.15) is 12.7 Å². The molecule has 13 nitrogen and oxygen atoms in total. The summed E-state index contributed by atoms with van der Waals surface area (Å²) >= 11 is 0. The van der Waals surface area contributed by atoms with Gasteiger partial charge in [0.15, 0.2) is 6.10 Å². The third-order valence-electron chi connectivity index (χ3n) is 11.5. The van der Waals surface area contributed by atoms with Crippen LogP contribution in [0.5, 0.6) is 5.75 Å². The Hall–Kier alpha value is -4.08. The van der Waals surface area contributed by atoms with Gasteiger partial charge in [0.05, 0.1) is 0 Å². The van der Waals surface area contributed by atoms with Gasteiger partial charge in [-0.1, -0.05) is 36.9 Å². The number of ether oxygens (including phenoxy) is 1. The van der Waals surface area contributed by atoms with Crippen molar-refractivity contribution in [2.75, 3.05) is 58.2 Å². The Morgan fingerprint density at radius 1 is 1.00 bits per heavy atom. The number of carbonyl (C=O) groups excluding carboxylic acids is 3. The first kappa shape index (κ1) is 37.7. The average Bonchev–Trinajstić information content (AvgIpc) is 3.33. The van der Waals surface area contributed by atoms with Gasteiger partial charge in [0.25, 0.3) is 16.1 Å². The molecule has 2 aromatic rings. The Labute approximate surface area is 307 Å². The molecule has 0 aromatic heterocycles. The molecule has 0 saturated carbocycles. The minimum Gasteiger partial charge on any atom is -0.508 e. The molecule has 6 rings (SSSR count). The zero-order chi connectivity index (χ0) is 37.0. The number of likely N-dealkylation sites (tertiary alicyclic amines) is 2. The molecular formula is C37H51BN6O7S. The number of nitrogens with zero attached hydrogens (tertiary/aromatic N) is 4. The van der Waals surface area contributed by atoms with E-state index in [4.69, 9.17) is 4.74 Å². The lowest BCUT2D eigenvalue weighted by Crippen LogP contribution is -2.52. The summed E-state index contributed by atoms with van der Waals surface area (Å²) in [7, 11) is -0.218. The molecule has 280 valence electrons. The molecule has 3 N–H and O–H groups in total. The van der Waals surface area contributed by atoms with E-state index < -0.39 is 22.4 Å². The fourth-order valence-electron chi connectivity index (χ4n) is 8.36. The summed E-state index contributed by atoms with van der Waals surface area (Å²) < 4.78 is 34.4. The first-order valence-corrected chi connectivity index (χ1v) is 19.9. The molecule has 0 radical (unpaired) electrons. The number of fused-ring (bicyclic) bond motifs is 1. The van der Waals surface area contributed by atoms with Crippen LogP contribution in [0.15, 0.2) is 43.0 Å². The maximum Gasteiger partial charge on any atom is 0.410 e. The van der Waals surface area contributed by atoms with Crippen LogP contribution in [-0.2, 0) is 32.6 Å². The van der Waals surface area contributed by atoms with E-state index in [1.54, 1.807) is 35.9 Å². The number of hydrogen-bond donors (Lipinski definition) is 3. The first-order chi connectivity index (χ1) is 25.0. The van der Waals surface area contributed by atoms with Crippen LogP contribution < -0.4 is 15.5 Å². The smallest absolute Gasteiger partial charge is 0.410 e. The van der Waals surface area contributed by atoms with E-state index >= 15 is 0 Å². The van der Waals surface area contributed by atoms with Gasteiger partial charge in [-0.25, -0.2) is 14.3 Å². The number of aromatic hydroxyl groups is 1. The molecule has 4 aliphatic heterocycles. The minimum atomic E-state index is -3.43. The zero-order valence-corrected chi connectivity index (χ0v) is 31.1. The van der Waals surface area contributed by atoms with Crippen molar-refractivity contribution < 1.29 is 32.6 Å². The summed E-state index contributed by atoms with van der Waals surface area (Å²) in [6.07, 6.45) is 5.24. The lowest BCUT2D eigenvalue weighted by atomic mass is 9.79. The van der Waals surface area contributed by atoms with Crippen molar-refractivity contribution in [2.45, 2.75) is 63.5 Å². The molecule has 15 heteroatoms. The van der Waals surface area contributed by atoms with Gasteiger partial charge in [0.1, 0.15) is 13.6 Å². The van der Waals surface area contributed by atoms with Gasteiger partial charge in [-0.05, 0) is 85.5 Å². The summed E-state index contributed by atoms with van der Waals surface area (Å²) in [5.74, 6) is 0.662. The number of para-hydroxylation sites is 1. The molecule has 0 spiro atoms. The van der Waals surface area contributed by atoms with Gasteiger partial charge >= 0.3 is 12.1 Å². The Morgan fingerprint density at radius 2 is 1.63 bits per heavy atom. The predicted molar refractivity (Wildman–Crippen MR) is 202 cm³/mol. The second-order valence-corrected chi connectivity index (χ2v) is 16.4. The number of piperidine rings is 3. The number of rotatable bonds is 9. The van der Waals surface area contributed by atoms with Crippen LogP contribution in [0.4, 0.5) is 15.3 Å². The summed E-state index contributed by atoms with van der Waals surface area (Å²) in [5.41, 5.74) is 3.88. The third-order valence-corrected chi connectivity index (χ3v) is 13.0. The van der Waals surface area contributed by atoms with Gasteiger partial charge in [-0.15, -0.1) is 0 Å². The number of phenolic OH excluding ortho intramolecular Hbond substituents is 1. The molecule has 4 heterocycles. The Kier molecular flexibility index (Phi) is 11.8. The summed E-state index contributed by atoms with van der Waals surface area (Å²) in [6.45, 7) is 7.25. The van der Waals surface area contributed by atoms with Crippen molar-refractivity contribution in [3.05, 3.63) is 59.7 Å². The largest absolute Gasteiger partial charge is 0.508 e. The van der Waals surface area contributed by atoms with E-state index in [1.165, 1.54) is 11.4 Å². The second kappa shape index (κ2) is 16.3. The predicted octanol–water partition coefficient (Wildman–Crippen LogP) is 2.31. The lowest BCUT2D eigenvalue weighted by molar-refractivity contribution is -0.142. The number of amides is 4. The molecule has 0 unspecified atom stereocenters. The lowest BCUT2D eigenvalue weighted by Gasteiger charge is -2.40. The average molecular weight is 735 g/mol. The molecule has 0 aliphatic carbocycles. The quantitative estimate of drug-likeness (QED) is 0.335. The summed E-state index contributed by atoms with van der Waals surface area (Å²) in [6, 6.07) is 11.3. The fraction of sp³-hybridized carbons (Fsp3) is 0.541. The third kappa shape index (κ3) is 8.42. The van der Waals surface area contributed by atoms with E-state index in [0.29, 0.717) is 81.5 Å². The van der Waals surface area contributed by atoms with Gasteiger partial charge < -0.3 is 29.9 Å². The highest BCUT2D eigenvalue weighted by Crippen LogP contribution is 2.34. The van der Waals surface area contributed by atoms with Crippen LogP contribution in [0, 0.1) is 11.8 Å². The van der Waals surface area contributed by atoms with Crippen molar-refractivity contribution in [3.8, 4) is 5.75 Å². The number of urea groups is 1. The molecular weight excluding hydrogens is 683 g/mol. The number of benzene rings is 2. The fourth-order valence-corrected chi connectivity index (χ4v) is 9.31. The highest BCUT2D eigenvalue weighted by molar-refractivity contribution is 7.87. The molecule has 1 atom stereocenters. The first-order valence-electron chi connectivity index (χ1n) is 18.5. The number of nitrogens with one attached hydrogen (secondary N) is 2. The van der Waals surface area contributed by atoms with Crippen molar-refractivity contribution in [1.29, 1.82) is 0 Å². The van der Waals surface area contributed by atoms with Crippen LogP contribution in [0.1, 0.15) is 55.2 Å². The van der Waals surface area contributed by atoms with Crippen LogP contribution in [-0.4, -0.2) is 123 Å². The van der Waals surface area contributed by atoms with Crippen molar-refractivity contribution in [1.82, 2.24) is 23.7 Å². The highest BCUT2D eigenvalue weighted by atomic mass is 32.2. The van der Waals surface area contributed by atoms with Gasteiger partial charge in [-0.3, -0.25) is 4.79 Å². The van der Waals surface area contributed by atoms with Crippen LogP contribution in [0.2, 0.25) is 0 Å². The van der Waals surface area contributed by atoms with Crippen molar-refractivity contribution in [3.63, 3.8) is 0 Å². The SMILES string of the molecule is Bc1cc(C[C@@H](OC(=O)N2CCC(N3CCc4ccccc4NC3=O)CC2)C(=O)N2CCC(C3CCN(S(=O)(=O)NC)CC3)CC2)cc(C=C)c1O. The molecule has 2 aromatic carbocycles. The number of hydrogen-bond acceptors (Lipinski definition) is 7. The summed E-state index contributed by atoms with van der Waals surface area (Å²) in [5, 5.41) is 13.5. The van der Waals surface area contributed by atoms with Gasteiger partial charge in [0.2, 0.25) is 0 Å². The number of carbonyl (C=O) groups is 3. The number of phenols is 1. The topological polar surface area (TPSA) is 152 Å². The Morgan fingerprint density at radius 3 is 2.29 bits per heavy atom. The normalized spacial score (nSPS) is 20.5. The van der Waals surface area contributed by atoms with E-state index in [1.807, 2.05) is 29.2 Å². The van der Waals surface area contributed by atoms with Crippen LogP contribution in [0.25, 0.3) is 6.08 Å². The molecule has 3 saturated heterocycles. The molecule has 4 aliphatic rings. The molecule has 4 amide bonds. The second-order valence-electron chi connectivity index (χ2n) is 14.5. The standard InChI is InChI=1S/C37H51BN6O7S/c1-3-26-22-25(23-31(38)34(26)45)24-33(35(46)41-15-8-27(9-16-41)28-10-19-43(20-11-28)52(49,50)39-2)51-37(48)42-17-13-30(14-18-42)44-21-12-29-6-4-5-7-32(29)40-36(44)47/h3-7,22-23,27-28,30,33,39,45H,1,8-21,24,38H2,2H3,(H,40,47)/t33-/m1/s1. The molecule has 0 bridgehead atoms. The highest BCUT2D eigenvalue weighted by Gasteiger charge is 2.38. The maximum atomic E-state index is 14.1. The van der Waals surface area contributed by atoms with Gasteiger partial charge in [0, 0.05) is 76.6 Å². The van der Waals surface area contributed by atoms with Crippen molar-refractivity contribution in [2.24, 2.45) is 11.8 Å². The maximum absolute atomic E-state index is 14.1. The van der Waals surface area contributed by atoms with E-state index in [9.17, 15) is 27.9 Å². The molecule has 3 fully saturated rings. The Bertz CT molecular complexity index is 1750. The Balaban J connectivity index is 1.08. The van der Waals surface area contributed by atoms with Crippen LogP contribution >= 0.6 is 0 Å². The zero-order valence-electron chi connectivity index (χ0n) is 30.3. The van der Waals surface area contributed by atoms with E-state index in [-0.39, 0.29) is 30.2 Å². The molecule has 52 heavy (non-hydrogen) atoms. The summed E-state index contributed by atoms with van der Waals surface area (Å²) in [4.78, 5) is 46.2. The minimum absolute atomic E-state index is 0.0191. The van der Waals surface area contributed by atoms with Crippen LogP contribution in [0.3, 0.4) is 0 Å². The number of anilines is 1. The van der Waals surface area contributed by atoms with E-state index in [0.717, 1.165) is 48.9 Å². The van der Waals surface area contributed by atoms with E-state index in [2.05, 4.69) is 16.6 Å². The van der Waals surface area contributed by atoms with Crippen molar-refractivity contribution >= 4 is 53.3 Å². The monoisotopic (exact) mass is 734 g/mol.